The van der Waals surface area contributed by atoms with Crippen molar-refractivity contribution in [1.82, 2.24) is 4.90 Å². The molecule has 0 aliphatic carbocycles. The van der Waals surface area contributed by atoms with Crippen LogP contribution in [0.15, 0.2) is 0 Å². The number of nitrogens with two attached hydrogens (primary N) is 1. The minimum atomic E-state index is 0.586. The lowest BCUT2D eigenvalue weighted by molar-refractivity contribution is 0.167. The van der Waals surface area contributed by atoms with Crippen LogP contribution in [0.3, 0.4) is 0 Å². The van der Waals surface area contributed by atoms with Gasteiger partial charge in [0.05, 0.1) is 0 Å². The van der Waals surface area contributed by atoms with Crippen LogP contribution >= 0.6 is 11.8 Å². The fraction of sp³-hybridized carbons (Fsp3) is 1.00. The number of hydrogen-bond donors (Lipinski definition) is 1. The summed E-state index contributed by atoms with van der Waals surface area (Å²) in [5.41, 5.74) is 5.80. The average molecular weight is 202 g/mol. The van der Waals surface area contributed by atoms with Crippen molar-refractivity contribution in [3.8, 4) is 0 Å². The zero-order valence-electron chi connectivity index (χ0n) is 8.99. The molecule has 1 saturated heterocycles. The van der Waals surface area contributed by atoms with Crippen LogP contribution in [0, 0.1) is 5.92 Å². The maximum absolute atomic E-state index is 5.80. The molecule has 0 bridgehead atoms. The maximum Gasteiger partial charge on any atom is 0.0242 e. The molecule has 0 aromatic heterocycles. The van der Waals surface area contributed by atoms with Gasteiger partial charge in [-0.15, -0.1) is 0 Å². The second-order valence-electron chi connectivity index (χ2n) is 4.22. The molecular weight excluding hydrogens is 180 g/mol. The van der Waals surface area contributed by atoms with Gasteiger partial charge in [0.2, 0.25) is 0 Å². The summed E-state index contributed by atoms with van der Waals surface area (Å²) < 4.78 is 0. The molecule has 0 saturated carbocycles. The number of rotatable bonds is 3. The minimum absolute atomic E-state index is 0.586. The summed E-state index contributed by atoms with van der Waals surface area (Å²) in [7, 11) is 0. The molecule has 2 N–H and O–H groups in total. The van der Waals surface area contributed by atoms with Gasteiger partial charge < -0.3 is 5.73 Å². The Hall–Kier alpha value is 0.270. The zero-order chi connectivity index (χ0) is 9.84. The van der Waals surface area contributed by atoms with Gasteiger partial charge in [-0.05, 0) is 5.92 Å². The second-order valence-corrected chi connectivity index (χ2v) is 5.77. The van der Waals surface area contributed by atoms with Gasteiger partial charge >= 0.3 is 0 Å². The van der Waals surface area contributed by atoms with E-state index in [1.54, 1.807) is 0 Å². The van der Waals surface area contributed by atoms with Crippen LogP contribution < -0.4 is 5.73 Å². The third kappa shape index (κ3) is 3.15. The summed E-state index contributed by atoms with van der Waals surface area (Å²) in [6.45, 7) is 10.1. The number of nitrogens with zero attached hydrogens (tertiary/aromatic N) is 1. The van der Waals surface area contributed by atoms with E-state index >= 15 is 0 Å². The van der Waals surface area contributed by atoms with E-state index in [0.29, 0.717) is 12.0 Å². The molecule has 0 amide bonds. The third-order valence-corrected chi connectivity index (χ3v) is 3.89. The van der Waals surface area contributed by atoms with Crippen LogP contribution in [0.25, 0.3) is 0 Å². The van der Waals surface area contributed by atoms with Gasteiger partial charge in [-0.2, -0.15) is 11.8 Å². The van der Waals surface area contributed by atoms with Crippen molar-refractivity contribution < 1.29 is 0 Å². The van der Waals surface area contributed by atoms with Crippen molar-refractivity contribution in [1.29, 1.82) is 0 Å². The largest absolute Gasteiger partial charge is 0.329 e. The van der Waals surface area contributed by atoms with Crippen molar-refractivity contribution in [2.75, 3.05) is 25.4 Å². The lowest BCUT2D eigenvalue weighted by Gasteiger charge is -2.38. The van der Waals surface area contributed by atoms with Crippen molar-refractivity contribution in [3.05, 3.63) is 0 Å². The van der Waals surface area contributed by atoms with Crippen molar-refractivity contribution in [3.63, 3.8) is 0 Å². The number of thioether (sulfide) groups is 1. The standard InChI is InChI=1S/C10H22N2S/c1-8(2)10(6-11)12-4-5-13-9(3)7-12/h8-10H,4-7,11H2,1-3H3. The van der Waals surface area contributed by atoms with E-state index in [0.717, 1.165) is 11.8 Å². The van der Waals surface area contributed by atoms with Crippen LogP contribution in [0.4, 0.5) is 0 Å². The predicted molar refractivity (Wildman–Crippen MR) is 61.2 cm³/mol. The highest BCUT2D eigenvalue weighted by Gasteiger charge is 2.24. The lowest BCUT2D eigenvalue weighted by atomic mass is 10.0. The van der Waals surface area contributed by atoms with Gasteiger partial charge in [0, 0.05) is 36.7 Å². The Morgan fingerprint density at radius 3 is 2.69 bits per heavy atom. The van der Waals surface area contributed by atoms with Gasteiger partial charge in [-0.25, -0.2) is 0 Å². The quantitative estimate of drug-likeness (QED) is 0.750. The number of hydrogen-bond acceptors (Lipinski definition) is 3. The summed E-state index contributed by atoms with van der Waals surface area (Å²) in [6, 6.07) is 0.586. The van der Waals surface area contributed by atoms with E-state index in [9.17, 15) is 0 Å². The van der Waals surface area contributed by atoms with Gasteiger partial charge in [-0.1, -0.05) is 20.8 Å². The molecule has 1 aliphatic rings. The summed E-state index contributed by atoms with van der Waals surface area (Å²) >= 11 is 2.08. The smallest absolute Gasteiger partial charge is 0.0242 e. The lowest BCUT2D eigenvalue weighted by Crippen LogP contribution is -2.49. The molecular formula is C10H22N2S. The summed E-state index contributed by atoms with van der Waals surface area (Å²) in [6.07, 6.45) is 0. The highest BCUT2D eigenvalue weighted by atomic mass is 32.2. The van der Waals surface area contributed by atoms with E-state index in [4.69, 9.17) is 5.73 Å². The first kappa shape index (κ1) is 11.3. The highest BCUT2D eigenvalue weighted by molar-refractivity contribution is 7.99. The molecule has 13 heavy (non-hydrogen) atoms. The average Bonchev–Trinajstić information content (AvgIpc) is 2.04. The van der Waals surface area contributed by atoms with Crippen molar-refractivity contribution in [2.24, 2.45) is 11.7 Å². The summed E-state index contributed by atoms with van der Waals surface area (Å²) in [4.78, 5) is 2.56. The molecule has 1 rings (SSSR count). The molecule has 2 nitrogen and oxygen atoms in total. The van der Waals surface area contributed by atoms with E-state index in [1.165, 1.54) is 18.8 Å². The Morgan fingerprint density at radius 2 is 2.23 bits per heavy atom. The molecule has 3 heteroatoms. The molecule has 0 aromatic carbocycles. The molecule has 1 aliphatic heterocycles. The Morgan fingerprint density at radius 1 is 1.54 bits per heavy atom. The zero-order valence-corrected chi connectivity index (χ0v) is 9.81. The maximum atomic E-state index is 5.80. The monoisotopic (exact) mass is 202 g/mol. The van der Waals surface area contributed by atoms with Crippen molar-refractivity contribution in [2.45, 2.75) is 32.1 Å². The van der Waals surface area contributed by atoms with Crippen LogP contribution in [-0.2, 0) is 0 Å². The molecule has 1 heterocycles. The fourth-order valence-corrected chi connectivity index (χ4v) is 3.03. The highest BCUT2D eigenvalue weighted by Crippen LogP contribution is 2.21. The second kappa shape index (κ2) is 5.23. The van der Waals surface area contributed by atoms with Crippen molar-refractivity contribution >= 4 is 11.8 Å². The Bertz CT molecular complexity index is 150. The van der Waals surface area contributed by atoms with Gasteiger partial charge in [0.15, 0.2) is 0 Å². The topological polar surface area (TPSA) is 29.3 Å². The van der Waals surface area contributed by atoms with E-state index in [1.807, 2.05) is 0 Å². The van der Waals surface area contributed by atoms with Crippen LogP contribution in [-0.4, -0.2) is 41.6 Å². The molecule has 0 spiro atoms. The van der Waals surface area contributed by atoms with E-state index in [-0.39, 0.29) is 0 Å². The van der Waals surface area contributed by atoms with E-state index in [2.05, 4.69) is 37.4 Å². The van der Waals surface area contributed by atoms with Gasteiger partial charge in [-0.3, -0.25) is 4.90 Å². The summed E-state index contributed by atoms with van der Waals surface area (Å²) in [5, 5.41) is 0.779. The first-order valence-electron chi connectivity index (χ1n) is 5.21. The molecule has 78 valence electrons. The van der Waals surface area contributed by atoms with Crippen LogP contribution in [0.2, 0.25) is 0 Å². The minimum Gasteiger partial charge on any atom is -0.329 e. The molecule has 1 fully saturated rings. The Kier molecular flexibility index (Phi) is 4.56. The predicted octanol–water partition coefficient (Wildman–Crippen LogP) is 1.41. The third-order valence-electron chi connectivity index (χ3n) is 2.75. The van der Waals surface area contributed by atoms with E-state index < -0.39 is 0 Å². The first-order valence-corrected chi connectivity index (χ1v) is 6.25. The summed E-state index contributed by atoms with van der Waals surface area (Å²) in [5.74, 6) is 1.95. The van der Waals surface area contributed by atoms with Gasteiger partial charge in [0.25, 0.3) is 0 Å². The Balaban J connectivity index is 2.47. The van der Waals surface area contributed by atoms with Gasteiger partial charge in [0.1, 0.15) is 0 Å². The van der Waals surface area contributed by atoms with Crippen LogP contribution in [0.5, 0.6) is 0 Å². The van der Waals surface area contributed by atoms with Crippen LogP contribution in [0.1, 0.15) is 20.8 Å². The molecule has 2 unspecified atom stereocenters. The molecule has 0 radical (unpaired) electrons. The molecule has 2 atom stereocenters. The Labute approximate surface area is 86.2 Å². The SMILES string of the molecule is CC1CN(C(CN)C(C)C)CCS1. The first-order chi connectivity index (χ1) is 6.15. The molecule has 0 aromatic rings. The fourth-order valence-electron chi connectivity index (χ4n) is 1.99. The normalized spacial score (nSPS) is 27.9.